The number of nitrogens with zero attached hydrogens (tertiary/aromatic N) is 3. The number of hydrogen-bond acceptors (Lipinski definition) is 4. The second-order valence-corrected chi connectivity index (χ2v) is 8.10. The van der Waals surface area contributed by atoms with Gasteiger partial charge in [-0.2, -0.15) is 0 Å². The van der Waals surface area contributed by atoms with Gasteiger partial charge in [0.1, 0.15) is 0 Å². The average Bonchev–Trinajstić information content (AvgIpc) is 3.17. The summed E-state index contributed by atoms with van der Waals surface area (Å²) in [6.07, 6.45) is 9.46. The highest BCUT2D eigenvalue weighted by atomic mass is 16.5. The van der Waals surface area contributed by atoms with Crippen LogP contribution in [0.1, 0.15) is 42.5 Å². The zero-order valence-electron chi connectivity index (χ0n) is 15.0. The van der Waals surface area contributed by atoms with Gasteiger partial charge in [0.15, 0.2) is 0 Å². The molecule has 1 amide bonds. The van der Waals surface area contributed by atoms with Crippen LogP contribution < -0.4 is 0 Å². The molecule has 0 aliphatic carbocycles. The third-order valence-electron chi connectivity index (χ3n) is 6.31. The molecule has 3 aliphatic rings. The number of pyridine rings is 1. The lowest BCUT2D eigenvalue weighted by Gasteiger charge is -2.48. The molecule has 1 aromatic heterocycles. The zero-order valence-corrected chi connectivity index (χ0v) is 15.0. The summed E-state index contributed by atoms with van der Waals surface area (Å²) in [4.78, 5) is 21.6. The van der Waals surface area contributed by atoms with Crippen molar-refractivity contribution in [3.05, 3.63) is 30.1 Å². The number of likely N-dealkylation sites (tertiary alicyclic amines) is 2. The average molecular weight is 343 g/mol. The van der Waals surface area contributed by atoms with Crippen LogP contribution in [0.25, 0.3) is 0 Å². The monoisotopic (exact) mass is 343 g/mol. The maximum Gasteiger partial charge on any atom is 0.255 e. The Morgan fingerprint density at radius 2 is 2.16 bits per heavy atom. The van der Waals surface area contributed by atoms with Crippen molar-refractivity contribution in [2.75, 3.05) is 45.9 Å². The molecule has 5 heteroatoms. The van der Waals surface area contributed by atoms with Gasteiger partial charge in [-0.25, -0.2) is 0 Å². The van der Waals surface area contributed by atoms with E-state index >= 15 is 0 Å². The summed E-state index contributed by atoms with van der Waals surface area (Å²) in [5.74, 6) is 0.877. The molecule has 1 unspecified atom stereocenters. The molecule has 0 N–H and O–H groups in total. The molecule has 3 aliphatic heterocycles. The first kappa shape index (κ1) is 17.0. The Kier molecular flexibility index (Phi) is 5.04. The maximum atomic E-state index is 12.8. The summed E-state index contributed by atoms with van der Waals surface area (Å²) in [5, 5.41) is 0. The van der Waals surface area contributed by atoms with Gasteiger partial charge in [0.2, 0.25) is 0 Å². The molecular formula is C20H29N3O2. The van der Waals surface area contributed by atoms with E-state index in [1.54, 1.807) is 12.4 Å². The van der Waals surface area contributed by atoms with Crippen molar-refractivity contribution in [3.8, 4) is 0 Å². The summed E-state index contributed by atoms with van der Waals surface area (Å²) in [6.45, 7) is 7.22. The molecular weight excluding hydrogens is 314 g/mol. The Morgan fingerprint density at radius 1 is 1.28 bits per heavy atom. The van der Waals surface area contributed by atoms with Crippen LogP contribution in [0.15, 0.2) is 24.5 Å². The number of carbonyl (C=O) groups excluding carboxylic acids is 1. The van der Waals surface area contributed by atoms with Gasteiger partial charge in [-0.15, -0.1) is 0 Å². The molecule has 3 fully saturated rings. The van der Waals surface area contributed by atoms with Crippen LogP contribution in [0.4, 0.5) is 0 Å². The van der Waals surface area contributed by atoms with Gasteiger partial charge < -0.3 is 14.5 Å². The second kappa shape index (κ2) is 7.42. The van der Waals surface area contributed by atoms with E-state index in [4.69, 9.17) is 4.74 Å². The van der Waals surface area contributed by atoms with Crippen LogP contribution in [-0.4, -0.2) is 66.6 Å². The lowest BCUT2D eigenvalue weighted by atomic mass is 9.72. The molecule has 1 atom stereocenters. The first-order valence-corrected chi connectivity index (χ1v) is 9.74. The summed E-state index contributed by atoms with van der Waals surface area (Å²) < 4.78 is 5.51. The molecule has 0 radical (unpaired) electrons. The van der Waals surface area contributed by atoms with Crippen molar-refractivity contribution in [1.82, 2.24) is 14.8 Å². The van der Waals surface area contributed by atoms with Crippen molar-refractivity contribution in [2.45, 2.75) is 32.1 Å². The van der Waals surface area contributed by atoms with Crippen molar-refractivity contribution in [1.29, 1.82) is 0 Å². The molecule has 1 spiro atoms. The molecule has 0 saturated carbocycles. The van der Waals surface area contributed by atoms with Crippen LogP contribution in [-0.2, 0) is 4.74 Å². The lowest BCUT2D eigenvalue weighted by Crippen LogP contribution is -2.51. The second-order valence-electron chi connectivity index (χ2n) is 8.10. The third kappa shape index (κ3) is 3.87. The minimum Gasteiger partial charge on any atom is -0.381 e. The number of aromatic nitrogens is 1. The topological polar surface area (TPSA) is 45.7 Å². The molecule has 0 aromatic carbocycles. The first-order valence-electron chi connectivity index (χ1n) is 9.74. The normalized spacial score (nSPS) is 26.9. The highest BCUT2D eigenvalue weighted by Gasteiger charge is 2.40. The van der Waals surface area contributed by atoms with Crippen LogP contribution in [0.5, 0.6) is 0 Å². The van der Waals surface area contributed by atoms with Crippen LogP contribution >= 0.6 is 0 Å². The van der Waals surface area contributed by atoms with Crippen molar-refractivity contribution < 1.29 is 9.53 Å². The fourth-order valence-electron chi connectivity index (χ4n) is 4.76. The Morgan fingerprint density at radius 3 is 2.88 bits per heavy atom. The molecule has 5 nitrogen and oxygen atoms in total. The van der Waals surface area contributed by atoms with E-state index in [-0.39, 0.29) is 5.91 Å². The van der Waals surface area contributed by atoms with E-state index in [9.17, 15) is 4.79 Å². The Hall–Kier alpha value is -1.46. The van der Waals surface area contributed by atoms with Crippen molar-refractivity contribution in [3.63, 3.8) is 0 Å². The van der Waals surface area contributed by atoms with E-state index < -0.39 is 0 Å². The first-order chi connectivity index (χ1) is 12.2. The summed E-state index contributed by atoms with van der Waals surface area (Å²) >= 11 is 0. The fraction of sp³-hybridized carbons (Fsp3) is 0.700. The van der Waals surface area contributed by atoms with Gasteiger partial charge >= 0.3 is 0 Å². The molecule has 1 aromatic rings. The van der Waals surface area contributed by atoms with Gasteiger partial charge in [0.25, 0.3) is 5.91 Å². The summed E-state index contributed by atoms with van der Waals surface area (Å²) in [6, 6.07) is 3.72. The number of rotatable bonds is 3. The molecule has 0 bridgehead atoms. The number of carbonyl (C=O) groups is 1. The standard InChI is InChI=1S/C20H29N3O2/c24-19(18-3-1-8-21-13-18)23-9-2-5-20(16-23)6-10-22(11-7-20)14-17-4-12-25-15-17/h1,3,8,13,17H,2,4-7,9-12,14-16H2. The van der Waals surface area contributed by atoms with Gasteiger partial charge in [-0.1, -0.05) is 0 Å². The van der Waals surface area contributed by atoms with E-state index in [1.807, 2.05) is 12.1 Å². The number of piperidine rings is 2. The molecule has 4 heterocycles. The Labute approximate surface area is 150 Å². The highest BCUT2D eigenvalue weighted by Crippen LogP contribution is 2.40. The van der Waals surface area contributed by atoms with Crippen LogP contribution in [0, 0.1) is 11.3 Å². The largest absolute Gasteiger partial charge is 0.381 e. The number of hydrogen-bond donors (Lipinski definition) is 0. The lowest BCUT2D eigenvalue weighted by molar-refractivity contribution is 0.0179. The van der Waals surface area contributed by atoms with Crippen molar-refractivity contribution >= 4 is 5.91 Å². The maximum absolute atomic E-state index is 12.8. The molecule has 25 heavy (non-hydrogen) atoms. The van der Waals surface area contributed by atoms with Gasteiger partial charge in [0.05, 0.1) is 12.2 Å². The van der Waals surface area contributed by atoms with Crippen LogP contribution in [0.2, 0.25) is 0 Å². The van der Waals surface area contributed by atoms with Gasteiger partial charge in [-0.05, 0) is 68.7 Å². The number of ether oxygens (including phenoxy) is 1. The Balaban J connectivity index is 1.34. The molecule has 136 valence electrons. The quantitative estimate of drug-likeness (QED) is 0.846. The highest BCUT2D eigenvalue weighted by molar-refractivity contribution is 5.93. The van der Waals surface area contributed by atoms with Crippen molar-refractivity contribution in [2.24, 2.45) is 11.3 Å². The third-order valence-corrected chi connectivity index (χ3v) is 6.31. The van der Waals surface area contributed by atoms with Gasteiger partial charge in [-0.3, -0.25) is 9.78 Å². The predicted molar refractivity (Wildman–Crippen MR) is 96.4 cm³/mol. The molecule has 4 rings (SSSR count). The summed E-state index contributed by atoms with van der Waals surface area (Å²) in [5.41, 5.74) is 1.05. The van der Waals surface area contributed by atoms with Crippen LogP contribution in [0.3, 0.4) is 0 Å². The minimum absolute atomic E-state index is 0.151. The Bertz CT molecular complexity index is 578. The zero-order chi connectivity index (χ0) is 17.1. The minimum atomic E-state index is 0.151. The smallest absolute Gasteiger partial charge is 0.255 e. The van der Waals surface area contributed by atoms with Gasteiger partial charge in [0, 0.05) is 38.6 Å². The van der Waals surface area contributed by atoms with E-state index in [0.717, 1.165) is 44.2 Å². The van der Waals surface area contributed by atoms with E-state index in [2.05, 4.69) is 14.8 Å². The SMILES string of the molecule is O=C(c1cccnc1)N1CCCC2(CCN(CC3CCOC3)CC2)C1. The fourth-order valence-corrected chi connectivity index (χ4v) is 4.76. The van der Waals surface area contributed by atoms with E-state index in [1.165, 1.54) is 45.3 Å². The molecule has 3 saturated heterocycles. The predicted octanol–water partition coefficient (Wildman–Crippen LogP) is 2.44. The van der Waals surface area contributed by atoms with E-state index in [0.29, 0.717) is 5.41 Å². The summed E-state index contributed by atoms with van der Waals surface area (Å²) in [7, 11) is 0. The number of amides is 1.